The molecule has 0 aromatic heterocycles. The second kappa shape index (κ2) is 16.0. The number of aromatic hydroxyl groups is 3. The monoisotopic (exact) mass is 1040 g/mol. The van der Waals surface area contributed by atoms with Gasteiger partial charge in [-0.15, -0.1) is 20.5 Å². The molecular formula is C30H20N4O24S6Si. The third-order valence-electron chi connectivity index (χ3n) is 8.61. The number of phenols is 3. The molecule has 35 heteroatoms. The third-order valence-corrected chi connectivity index (χ3v) is 14.1. The van der Waals surface area contributed by atoms with E-state index in [1.54, 1.807) is 0 Å². The Morgan fingerprint density at radius 3 is 1.31 bits per heavy atom. The number of phenolic OH excluding ortho intramolecular Hbond substituents is 3. The van der Waals surface area contributed by atoms with E-state index >= 15 is 0 Å². The first-order valence-electron chi connectivity index (χ1n) is 16.1. The van der Waals surface area contributed by atoms with Crippen LogP contribution in [0.2, 0.25) is 0 Å². The molecular weight excluding hydrogens is 1020 g/mol. The van der Waals surface area contributed by atoms with Crippen LogP contribution in [0.3, 0.4) is 0 Å². The van der Waals surface area contributed by atoms with Crippen LogP contribution < -0.4 is 4.43 Å². The number of azo groups is 2. The minimum absolute atomic E-state index is 0.364. The van der Waals surface area contributed by atoms with E-state index in [-0.39, 0.29) is 0 Å². The summed E-state index contributed by atoms with van der Waals surface area (Å²) in [5.41, 5.74) is -4.66. The minimum Gasteiger partial charge on any atom is -0.511 e. The first-order chi connectivity index (χ1) is 29.6. The SMILES string of the molecule is O=[Si](O)Oc1cc(S(=O)(=O)O)c2cc(S(=O)(=O)O)cc(N=Nc3c(S(=O)(=O)O)cc4cc(S(=O)(=O)O)cc(N=Nc5c(S(=O)(=O)O)cc6cc(S(=O)(=O)O)cc(O)c6c5O)c4c3O)c2c1. The molecule has 0 unspecified atom stereocenters. The van der Waals surface area contributed by atoms with E-state index in [2.05, 4.69) is 24.9 Å². The van der Waals surface area contributed by atoms with Crippen molar-refractivity contribution in [2.75, 3.05) is 0 Å². The second-order valence-electron chi connectivity index (χ2n) is 12.8. The van der Waals surface area contributed by atoms with Crippen molar-refractivity contribution in [3.63, 3.8) is 0 Å². The summed E-state index contributed by atoms with van der Waals surface area (Å²) in [6.07, 6.45) is 0. The van der Waals surface area contributed by atoms with Crippen LogP contribution in [0.25, 0.3) is 32.3 Å². The average Bonchev–Trinajstić information content (AvgIpc) is 3.13. The fourth-order valence-electron chi connectivity index (χ4n) is 6.01. The van der Waals surface area contributed by atoms with Gasteiger partial charge in [-0.25, -0.2) is 0 Å². The molecule has 0 amide bonds. The molecule has 0 saturated carbocycles. The molecule has 28 nitrogen and oxygen atoms in total. The van der Waals surface area contributed by atoms with Gasteiger partial charge in [0.2, 0.25) is 0 Å². The van der Waals surface area contributed by atoms with Crippen molar-refractivity contribution in [1.29, 1.82) is 0 Å². The molecule has 0 heterocycles. The van der Waals surface area contributed by atoms with Gasteiger partial charge in [0, 0.05) is 22.9 Å². The highest BCUT2D eigenvalue weighted by atomic mass is 32.2. The standard InChI is InChI=1S/C30H20N4O24S6Si/c35-21-10-15(60(41,42)43)2-12-4-24(64(53,54)55)28(30(37)26(12)21)34-32-20-9-14(59(38,39)40)1-11-3-23(63(50,51)52)27(29(36)25(11)20)33-31-19-8-16(61(44,45)46)7-18-17(19)5-13(58-65(56)57)6-22(18)62(47,48)49/h1-10,35-37,56H,(H,38,39,40)(H,41,42,43)(H,44,45,46)(H,47,48,49)(H,50,51,52)(H,53,54,55). The van der Waals surface area contributed by atoms with Crippen LogP contribution in [-0.4, -0.2) is 107 Å². The van der Waals surface area contributed by atoms with Gasteiger partial charge in [-0.1, -0.05) is 0 Å². The predicted octanol–water partition coefficient (Wildman–Crippen LogP) is 3.36. The zero-order valence-electron chi connectivity index (χ0n) is 30.7. The molecule has 0 aliphatic rings. The molecule has 6 aromatic carbocycles. The van der Waals surface area contributed by atoms with Gasteiger partial charge < -0.3 is 24.5 Å². The first kappa shape index (κ1) is 48.2. The van der Waals surface area contributed by atoms with Crippen molar-refractivity contribution in [2.45, 2.75) is 29.4 Å². The van der Waals surface area contributed by atoms with E-state index in [4.69, 9.17) is 0 Å². The van der Waals surface area contributed by atoms with Crippen molar-refractivity contribution >= 4 is 125 Å². The Morgan fingerprint density at radius 2 is 0.846 bits per heavy atom. The molecule has 0 spiro atoms. The number of nitrogens with zero attached hydrogens (tertiary/aromatic N) is 4. The van der Waals surface area contributed by atoms with Crippen LogP contribution in [0.15, 0.2) is 110 Å². The second-order valence-corrected chi connectivity index (χ2v) is 22.0. The van der Waals surface area contributed by atoms with E-state index in [0.717, 1.165) is 6.07 Å². The summed E-state index contributed by atoms with van der Waals surface area (Å²) in [4.78, 5) is 1.81. The average molecular weight is 1040 g/mol. The van der Waals surface area contributed by atoms with Crippen LogP contribution in [0, 0.1) is 0 Å². The molecule has 344 valence electrons. The predicted molar refractivity (Wildman–Crippen MR) is 213 cm³/mol. The van der Waals surface area contributed by atoms with Gasteiger partial charge >= 0.3 is 9.17 Å². The fourth-order valence-corrected chi connectivity index (χ4v) is 9.96. The number of hydrogen-bond acceptors (Lipinski definition) is 21. The van der Waals surface area contributed by atoms with Crippen LogP contribution in [-0.2, 0) is 65.2 Å². The summed E-state index contributed by atoms with van der Waals surface area (Å²) in [6.45, 7) is 0. The summed E-state index contributed by atoms with van der Waals surface area (Å²) in [7, 11) is -36.4. The number of fused-ring (bicyclic) bond motifs is 3. The third kappa shape index (κ3) is 9.75. The van der Waals surface area contributed by atoms with Gasteiger partial charge in [-0.05, 0) is 59.3 Å². The van der Waals surface area contributed by atoms with Gasteiger partial charge in [0.1, 0.15) is 37.6 Å². The molecule has 0 saturated heterocycles. The van der Waals surface area contributed by atoms with E-state index in [1.165, 1.54) is 0 Å². The van der Waals surface area contributed by atoms with E-state index in [9.17, 15) is 102 Å². The van der Waals surface area contributed by atoms with Crippen LogP contribution >= 0.6 is 0 Å². The summed E-state index contributed by atoms with van der Waals surface area (Å²) in [6, 6.07) is 4.66. The molecule has 65 heavy (non-hydrogen) atoms. The lowest BCUT2D eigenvalue weighted by Gasteiger charge is -2.13. The van der Waals surface area contributed by atoms with Crippen LogP contribution in [0.1, 0.15) is 0 Å². The maximum atomic E-state index is 12.7. The molecule has 0 fully saturated rings. The number of hydrogen-bond donors (Lipinski definition) is 10. The van der Waals surface area contributed by atoms with Crippen molar-refractivity contribution in [3.05, 3.63) is 60.7 Å². The smallest absolute Gasteiger partial charge is 0.511 e. The Kier molecular flexibility index (Phi) is 11.9. The number of benzene rings is 6. The lowest BCUT2D eigenvalue weighted by molar-refractivity contribution is 0.338. The zero-order chi connectivity index (χ0) is 48.7. The molecule has 0 radical (unpaired) electrons. The minimum atomic E-state index is -5.66. The van der Waals surface area contributed by atoms with Gasteiger partial charge in [0.15, 0.2) is 11.5 Å². The zero-order valence-corrected chi connectivity index (χ0v) is 36.6. The van der Waals surface area contributed by atoms with E-state index in [1.807, 2.05) is 0 Å². The molecule has 0 atom stereocenters. The summed E-state index contributed by atoms with van der Waals surface area (Å²) >= 11 is 0. The molecule has 10 N–H and O–H groups in total. The highest BCUT2D eigenvalue weighted by molar-refractivity contribution is 7.87. The molecule has 6 aromatic rings. The molecule has 0 aliphatic carbocycles. The Labute approximate surface area is 363 Å². The van der Waals surface area contributed by atoms with E-state index < -0.39 is 177 Å². The van der Waals surface area contributed by atoms with Crippen molar-refractivity contribution in [3.8, 4) is 23.0 Å². The number of rotatable bonds is 12. The van der Waals surface area contributed by atoms with Crippen LogP contribution in [0.5, 0.6) is 23.0 Å². The van der Waals surface area contributed by atoms with E-state index in [0.29, 0.717) is 54.6 Å². The molecule has 6 rings (SSSR count). The maximum Gasteiger partial charge on any atom is 0.770 e. The first-order valence-corrected chi connectivity index (χ1v) is 26.0. The molecule has 0 aliphatic heterocycles. The largest absolute Gasteiger partial charge is 0.770 e. The normalized spacial score (nSPS) is 13.4. The highest BCUT2D eigenvalue weighted by Crippen LogP contribution is 2.49. The quantitative estimate of drug-likeness (QED) is 0.0477. The Hall–Kier alpha value is -6.22. The lowest BCUT2D eigenvalue weighted by atomic mass is 10.1. The summed E-state index contributed by atoms with van der Waals surface area (Å²) < 4.78 is 223. The summed E-state index contributed by atoms with van der Waals surface area (Å²) in [5, 5.41) is 42.8. The van der Waals surface area contributed by atoms with Gasteiger partial charge in [0.05, 0.1) is 36.8 Å². The Bertz CT molecular complexity index is 3920. The maximum absolute atomic E-state index is 12.7. The van der Waals surface area contributed by atoms with Gasteiger partial charge in [-0.2, -0.15) is 50.5 Å². The van der Waals surface area contributed by atoms with Gasteiger partial charge in [-0.3, -0.25) is 31.8 Å². The summed E-state index contributed by atoms with van der Waals surface area (Å²) in [5.74, 6) is -4.83. The van der Waals surface area contributed by atoms with Crippen LogP contribution in [0.4, 0.5) is 22.7 Å². The van der Waals surface area contributed by atoms with Crippen molar-refractivity contribution in [2.24, 2.45) is 20.5 Å². The highest BCUT2D eigenvalue weighted by Gasteiger charge is 2.29. The van der Waals surface area contributed by atoms with Gasteiger partial charge in [0.25, 0.3) is 60.7 Å². The topological polar surface area (TPSA) is 483 Å². The lowest BCUT2D eigenvalue weighted by Crippen LogP contribution is -2.10. The molecule has 0 bridgehead atoms. The fraction of sp³-hybridized carbons (Fsp3) is 0. The van der Waals surface area contributed by atoms with Crippen molar-refractivity contribution in [1.82, 2.24) is 0 Å². The van der Waals surface area contributed by atoms with Crippen molar-refractivity contribution < 1.29 is 107 Å². The Balaban J connectivity index is 1.71. The Morgan fingerprint density at radius 1 is 0.431 bits per heavy atom.